The zero-order valence-electron chi connectivity index (χ0n) is 14.4. The highest BCUT2D eigenvalue weighted by molar-refractivity contribution is 6.02. The van der Waals surface area contributed by atoms with E-state index < -0.39 is 5.60 Å². The van der Waals surface area contributed by atoms with Crippen LogP contribution in [0.5, 0.6) is 0 Å². The van der Waals surface area contributed by atoms with Gasteiger partial charge in [0.1, 0.15) is 0 Å². The number of fused-ring (bicyclic) bond motifs is 5. The van der Waals surface area contributed by atoms with E-state index in [0.29, 0.717) is 6.61 Å². The van der Waals surface area contributed by atoms with E-state index in [-0.39, 0.29) is 0 Å². The third-order valence-electron chi connectivity index (χ3n) is 4.95. The summed E-state index contributed by atoms with van der Waals surface area (Å²) in [4.78, 5) is 0. The monoisotopic (exact) mass is 327 g/mol. The Morgan fingerprint density at radius 3 is 2.60 bits per heavy atom. The summed E-state index contributed by atoms with van der Waals surface area (Å²) in [5, 5.41) is 2.45. The maximum atomic E-state index is 6.42. The molecule has 2 N–H and O–H groups in total. The predicted molar refractivity (Wildman–Crippen MR) is 103 cm³/mol. The molecule has 0 saturated heterocycles. The number of benzene rings is 3. The van der Waals surface area contributed by atoms with E-state index in [1.807, 2.05) is 6.07 Å². The molecule has 1 unspecified atom stereocenters. The van der Waals surface area contributed by atoms with Gasteiger partial charge in [0.15, 0.2) is 5.60 Å². The van der Waals surface area contributed by atoms with Gasteiger partial charge in [-0.15, -0.1) is 0 Å². The molecule has 0 spiro atoms. The Labute approximate surface area is 148 Å². The van der Waals surface area contributed by atoms with Gasteiger partial charge in [0.05, 0.1) is 0 Å². The summed E-state index contributed by atoms with van der Waals surface area (Å²) in [6.45, 7) is 2.82. The molecule has 0 aliphatic heterocycles. The van der Waals surface area contributed by atoms with E-state index >= 15 is 0 Å². The van der Waals surface area contributed by atoms with Crippen LogP contribution in [0.15, 0.2) is 60.7 Å². The van der Waals surface area contributed by atoms with Crippen LogP contribution in [-0.4, -0.2) is 6.61 Å². The van der Waals surface area contributed by atoms with Gasteiger partial charge < -0.3 is 10.5 Å². The molecule has 4 rings (SSSR count). The van der Waals surface area contributed by atoms with E-state index in [0.717, 1.165) is 24.0 Å². The second-order valence-corrected chi connectivity index (χ2v) is 6.41. The quantitative estimate of drug-likeness (QED) is 0.424. The summed E-state index contributed by atoms with van der Waals surface area (Å²) in [7, 11) is 0. The molecule has 0 fully saturated rings. The van der Waals surface area contributed by atoms with Crippen molar-refractivity contribution in [3.05, 3.63) is 71.8 Å². The zero-order valence-corrected chi connectivity index (χ0v) is 14.4. The Hall–Kier alpha value is -2.76. The van der Waals surface area contributed by atoms with Crippen molar-refractivity contribution >= 4 is 10.8 Å². The van der Waals surface area contributed by atoms with Crippen molar-refractivity contribution in [1.29, 1.82) is 0 Å². The van der Waals surface area contributed by atoms with E-state index in [2.05, 4.69) is 73.5 Å². The molecular formula is C23H21NO. The molecule has 0 radical (unpaired) electrons. The molecule has 3 aromatic rings. The maximum Gasteiger partial charge on any atom is 0.182 e. The van der Waals surface area contributed by atoms with Crippen molar-refractivity contribution in [3.63, 3.8) is 0 Å². The highest BCUT2D eigenvalue weighted by atomic mass is 16.5. The first-order chi connectivity index (χ1) is 12.3. The van der Waals surface area contributed by atoms with Crippen molar-refractivity contribution in [2.24, 2.45) is 5.73 Å². The first kappa shape index (κ1) is 15.7. The molecule has 0 amide bonds. The van der Waals surface area contributed by atoms with E-state index in [9.17, 15) is 0 Å². The molecule has 0 heterocycles. The summed E-state index contributed by atoms with van der Waals surface area (Å²) in [6.07, 6.45) is 2.08. The smallest absolute Gasteiger partial charge is 0.182 e. The number of ether oxygens (including phenoxy) is 1. The number of nitrogens with two attached hydrogens (primary N) is 1. The molecule has 1 atom stereocenters. The van der Waals surface area contributed by atoms with Gasteiger partial charge in [-0.25, -0.2) is 0 Å². The summed E-state index contributed by atoms with van der Waals surface area (Å²) >= 11 is 0. The van der Waals surface area contributed by atoms with Gasteiger partial charge >= 0.3 is 0 Å². The summed E-state index contributed by atoms with van der Waals surface area (Å²) in [6, 6.07) is 23.8. The molecular weight excluding hydrogens is 306 g/mol. The van der Waals surface area contributed by atoms with Gasteiger partial charge in [-0.2, -0.15) is 0 Å². The first-order valence-electron chi connectivity index (χ1n) is 8.80. The average Bonchev–Trinajstić information content (AvgIpc) is 2.93. The topological polar surface area (TPSA) is 35.2 Å². The molecule has 1 aliphatic rings. The Morgan fingerprint density at radius 1 is 0.960 bits per heavy atom. The molecule has 3 aromatic carbocycles. The summed E-state index contributed by atoms with van der Waals surface area (Å²) < 4.78 is 6.42. The third kappa shape index (κ3) is 2.32. The van der Waals surface area contributed by atoms with Crippen LogP contribution in [0.4, 0.5) is 0 Å². The van der Waals surface area contributed by atoms with Crippen molar-refractivity contribution in [2.45, 2.75) is 25.4 Å². The molecule has 2 nitrogen and oxygen atoms in total. The summed E-state index contributed by atoms with van der Waals surface area (Å²) in [5.74, 6) is 3.20. The Bertz CT molecular complexity index is 996. The molecule has 124 valence electrons. The zero-order chi connectivity index (χ0) is 17.3. The largest absolute Gasteiger partial charge is 0.359 e. The molecule has 25 heavy (non-hydrogen) atoms. The molecule has 0 saturated carbocycles. The van der Waals surface area contributed by atoms with Crippen LogP contribution in [0.1, 0.15) is 30.9 Å². The van der Waals surface area contributed by atoms with Gasteiger partial charge in [0.25, 0.3) is 0 Å². The van der Waals surface area contributed by atoms with Crippen molar-refractivity contribution < 1.29 is 4.74 Å². The average molecular weight is 327 g/mol. The minimum Gasteiger partial charge on any atom is -0.359 e. The SMILES string of the molecule is CCCCOC1(C#CN)c2ccccc2-c2c1ccc1ccccc21. The predicted octanol–water partition coefficient (Wildman–Crippen LogP) is 4.80. The van der Waals surface area contributed by atoms with Crippen molar-refractivity contribution in [1.82, 2.24) is 0 Å². The fraction of sp³-hybridized carbons (Fsp3) is 0.217. The van der Waals surface area contributed by atoms with Crippen LogP contribution in [0, 0.1) is 12.0 Å². The maximum absolute atomic E-state index is 6.42. The van der Waals surface area contributed by atoms with Gasteiger partial charge in [0, 0.05) is 23.8 Å². The fourth-order valence-corrected chi connectivity index (χ4v) is 3.81. The molecule has 0 bridgehead atoms. The van der Waals surface area contributed by atoms with Crippen LogP contribution < -0.4 is 5.73 Å². The van der Waals surface area contributed by atoms with Crippen LogP contribution in [0.2, 0.25) is 0 Å². The minimum absolute atomic E-state index is 0.659. The molecule has 1 aliphatic carbocycles. The first-order valence-corrected chi connectivity index (χ1v) is 8.80. The van der Waals surface area contributed by atoms with Gasteiger partial charge in [-0.3, -0.25) is 0 Å². The Morgan fingerprint density at radius 2 is 1.76 bits per heavy atom. The Balaban J connectivity index is 2.04. The minimum atomic E-state index is -0.778. The number of unbranched alkanes of at least 4 members (excludes halogenated alkanes) is 1. The third-order valence-corrected chi connectivity index (χ3v) is 4.95. The van der Waals surface area contributed by atoms with E-state index in [1.54, 1.807) is 0 Å². The highest BCUT2D eigenvalue weighted by Gasteiger charge is 2.43. The number of rotatable bonds is 4. The summed E-state index contributed by atoms with van der Waals surface area (Å²) in [5.41, 5.74) is 9.50. The van der Waals surface area contributed by atoms with Crippen LogP contribution in [-0.2, 0) is 10.3 Å². The Kier molecular flexibility index (Phi) is 3.95. The lowest BCUT2D eigenvalue weighted by molar-refractivity contribution is 0.0278. The standard InChI is InChI=1S/C23H21NO/c1-2-3-16-25-23(14-15-24)20-11-7-6-10-19(20)22-18-9-5-4-8-17(18)12-13-21(22)23/h4-13H,2-3,16,24H2,1H3. The highest BCUT2D eigenvalue weighted by Crippen LogP contribution is 2.51. The second kappa shape index (κ2) is 6.27. The second-order valence-electron chi connectivity index (χ2n) is 6.41. The normalized spacial score (nSPS) is 17.6. The van der Waals surface area contributed by atoms with Crippen LogP contribution in [0.25, 0.3) is 21.9 Å². The number of hydrogen-bond acceptors (Lipinski definition) is 2. The van der Waals surface area contributed by atoms with Gasteiger partial charge in [-0.05, 0) is 34.2 Å². The van der Waals surface area contributed by atoms with E-state index in [4.69, 9.17) is 10.5 Å². The van der Waals surface area contributed by atoms with Crippen LogP contribution in [0.3, 0.4) is 0 Å². The van der Waals surface area contributed by atoms with Gasteiger partial charge in [-0.1, -0.05) is 74.0 Å². The lowest BCUT2D eigenvalue weighted by atomic mass is 9.90. The van der Waals surface area contributed by atoms with E-state index in [1.165, 1.54) is 21.9 Å². The van der Waals surface area contributed by atoms with Gasteiger partial charge in [0.2, 0.25) is 0 Å². The lowest BCUT2D eigenvalue weighted by Gasteiger charge is -2.26. The van der Waals surface area contributed by atoms with Crippen molar-refractivity contribution in [3.8, 4) is 23.1 Å². The molecule has 0 aromatic heterocycles. The lowest BCUT2D eigenvalue weighted by Crippen LogP contribution is -2.28. The number of hydrogen-bond donors (Lipinski definition) is 1. The molecule has 2 heteroatoms. The van der Waals surface area contributed by atoms with Crippen LogP contribution >= 0.6 is 0 Å². The van der Waals surface area contributed by atoms with Crippen molar-refractivity contribution in [2.75, 3.05) is 6.61 Å². The fourth-order valence-electron chi connectivity index (χ4n) is 3.81.